The van der Waals surface area contributed by atoms with Crippen LogP contribution in [0.15, 0.2) is 59.1 Å². The molecule has 1 aliphatic heterocycles. The van der Waals surface area contributed by atoms with E-state index >= 15 is 0 Å². The number of ether oxygens (including phenoxy) is 1. The summed E-state index contributed by atoms with van der Waals surface area (Å²) < 4.78 is 11.6. The number of nitro benzene ring substituents is 1. The molecule has 0 bridgehead atoms. The van der Waals surface area contributed by atoms with E-state index in [-0.39, 0.29) is 24.4 Å². The topological polar surface area (TPSA) is 114 Å². The number of methoxy groups -OCH3 is 1. The smallest absolute Gasteiger partial charge is 0.273 e. The van der Waals surface area contributed by atoms with Gasteiger partial charge < -0.3 is 24.5 Å². The number of rotatable bonds is 8. The molecule has 1 aromatic carbocycles. The molecule has 0 radical (unpaired) electrons. The number of nitrogens with one attached hydrogen (secondary N) is 1. The van der Waals surface area contributed by atoms with Crippen LogP contribution in [0.1, 0.15) is 30.0 Å². The fraction of sp³-hybridized carbons (Fsp3) is 0.273. The molecular weight excluding hydrogens is 432 g/mol. The van der Waals surface area contributed by atoms with Gasteiger partial charge in [0.05, 0.1) is 35.4 Å². The molecule has 0 amide bonds. The molecule has 10 heteroatoms. The summed E-state index contributed by atoms with van der Waals surface area (Å²) >= 11 is 5.57. The van der Waals surface area contributed by atoms with Crippen LogP contribution in [-0.4, -0.2) is 45.3 Å². The van der Waals surface area contributed by atoms with Crippen molar-refractivity contribution in [3.63, 3.8) is 0 Å². The molecule has 1 fully saturated rings. The van der Waals surface area contributed by atoms with E-state index < -0.39 is 4.92 Å². The van der Waals surface area contributed by atoms with Crippen molar-refractivity contribution in [1.29, 1.82) is 0 Å². The minimum atomic E-state index is -0.471. The zero-order chi connectivity index (χ0) is 22.7. The number of benzene rings is 1. The molecule has 3 aromatic rings. The third-order valence-electron chi connectivity index (χ3n) is 5.33. The van der Waals surface area contributed by atoms with Gasteiger partial charge in [-0.15, -0.1) is 0 Å². The van der Waals surface area contributed by atoms with Crippen LogP contribution in [0.25, 0.3) is 11.3 Å². The van der Waals surface area contributed by atoms with Crippen molar-refractivity contribution in [2.45, 2.75) is 18.5 Å². The van der Waals surface area contributed by atoms with E-state index in [1.54, 1.807) is 18.3 Å². The minimum absolute atomic E-state index is 0.0451. The normalized spacial score (nSPS) is 17.9. The number of nitrogens with zero attached hydrogens (tertiary/aromatic N) is 3. The van der Waals surface area contributed by atoms with Crippen LogP contribution in [0, 0.1) is 10.1 Å². The van der Waals surface area contributed by atoms with E-state index in [4.69, 9.17) is 21.4 Å². The van der Waals surface area contributed by atoms with Crippen molar-refractivity contribution in [1.82, 2.24) is 15.2 Å². The molecule has 0 aliphatic carbocycles. The first-order chi connectivity index (χ1) is 15.5. The third kappa shape index (κ3) is 4.14. The van der Waals surface area contributed by atoms with Crippen LogP contribution < -0.4 is 10.1 Å². The maximum atomic E-state index is 11.1. The van der Waals surface area contributed by atoms with Crippen molar-refractivity contribution >= 4 is 23.0 Å². The molecule has 9 nitrogen and oxygen atoms in total. The summed E-state index contributed by atoms with van der Waals surface area (Å²) in [5.74, 6) is 1.52. The molecule has 1 saturated heterocycles. The minimum Gasteiger partial charge on any atom is -0.496 e. The van der Waals surface area contributed by atoms with Crippen molar-refractivity contribution in [3.05, 3.63) is 76.3 Å². The molecule has 0 saturated carbocycles. The van der Waals surface area contributed by atoms with E-state index in [2.05, 4.69) is 10.3 Å². The van der Waals surface area contributed by atoms with Gasteiger partial charge in [0.15, 0.2) is 5.11 Å². The Bertz CT molecular complexity index is 1120. The molecule has 32 heavy (non-hydrogen) atoms. The summed E-state index contributed by atoms with van der Waals surface area (Å²) in [6.45, 7) is 0.594. The van der Waals surface area contributed by atoms with Crippen LogP contribution in [0.2, 0.25) is 0 Å². The third-order valence-corrected chi connectivity index (χ3v) is 5.69. The Morgan fingerprint density at radius 1 is 1.31 bits per heavy atom. The predicted octanol–water partition coefficient (Wildman–Crippen LogP) is 3.61. The monoisotopic (exact) mass is 454 g/mol. The van der Waals surface area contributed by atoms with Crippen molar-refractivity contribution < 1.29 is 19.2 Å². The Morgan fingerprint density at radius 2 is 2.16 bits per heavy atom. The highest BCUT2D eigenvalue weighted by Crippen LogP contribution is 2.42. The van der Waals surface area contributed by atoms with E-state index in [0.717, 1.165) is 5.69 Å². The summed E-state index contributed by atoms with van der Waals surface area (Å²) in [6, 6.07) is 13.2. The molecule has 3 heterocycles. The lowest BCUT2D eigenvalue weighted by Crippen LogP contribution is -2.30. The molecular formula is C22H22N4O5S. The van der Waals surface area contributed by atoms with Crippen LogP contribution in [0.3, 0.4) is 0 Å². The van der Waals surface area contributed by atoms with Gasteiger partial charge in [0.1, 0.15) is 23.3 Å². The van der Waals surface area contributed by atoms with Gasteiger partial charge in [0.25, 0.3) is 5.69 Å². The predicted molar refractivity (Wildman–Crippen MR) is 121 cm³/mol. The average molecular weight is 455 g/mol. The van der Waals surface area contributed by atoms with E-state index in [0.29, 0.717) is 40.9 Å². The second-order valence-electron chi connectivity index (χ2n) is 7.24. The fourth-order valence-electron chi connectivity index (χ4n) is 3.85. The van der Waals surface area contributed by atoms with Gasteiger partial charge in [0.2, 0.25) is 0 Å². The zero-order valence-electron chi connectivity index (χ0n) is 17.3. The average Bonchev–Trinajstić information content (AvgIpc) is 3.42. The Labute approximate surface area is 189 Å². The number of non-ortho nitro benzene ring substituents is 1. The Balaban J connectivity index is 1.72. The number of aliphatic hydroxyl groups is 1. The highest BCUT2D eigenvalue weighted by molar-refractivity contribution is 7.80. The Kier molecular flexibility index (Phi) is 6.33. The fourth-order valence-corrected chi connectivity index (χ4v) is 4.18. The van der Waals surface area contributed by atoms with Crippen LogP contribution in [0.4, 0.5) is 5.69 Å². The van der Waals surface area contributed by atoms with Gasteiger partial charge in [-0.2, -0.15) is 0 Å². The Hall–Kier alpha value is -3.50. The summed E-state index contributed by atoms with van der Waals surface area (Å²) in [5.41, 5.74) is 1.36. The van der Waals surface area contributed by atoms with Gasteiger partial charge in [-0.3, -0.25) is 15.1 Å². The maximum absolute atomic E-state index is 11.1. The van der Waals surface area contributed by atoms with Crippen molar-refractivity contribution in [2.75, 3.05) is 20.3 Å². The summed E-state index contributed by atoms with van der Waals surface area (Å²) in [6.07, 6.45) is 2.28. The van der Waals surface area contributed by atoms with Crippen LogP contribution >= 0.6 is 12.2 Å². The number of nitro groups is 1. The Morgan fingerprint density at radius 3 is 2.84 bits per heavy atom. The number of thiocarbonyl (C=S) groups is 1. The summed E-state index contributed by atoms with van der Waals surface area (Å²) in [5, 5.41) is 24.3. The van der Waals surface area contributed by atoms with Gasteiger partial charge in [-0.05, 0) is 49.0 Å². The second-order valence-corrected chi connectivity index (χ2v) is 7.63. The van der Waals surface area contributed by atoms with Gasteiger partial charge in [-0.25, -0.2) is 0 Å². The second kappa shape index (κ2) is 9.33. The number of hydrogen-bond donors (Lipinski definition) is 2. The number of pyridine rings is 1. The van der Waals surface area contributed by atoms with Crippen LogP contribution in [0.5, 0.6) is 5.75 Å². The molecule has 2 aromatic heterocycles. The zero-order valence-corrected chi connectivity index (χ0v) is 18.1. The molecule has 0 unspecified atom stereocenters. The largest absolute Gasteiger partial charge is 0.496 e. The molecule has 0 spiro atoms. The first kappa shape index (κ1) is 21.7. The van der Waals surface area contributed by atoms with E-state index in [1.807, 2.05) is 29.2 Å². The van der Waals surface area contributed by atoms with Gasteiger partial charge in [-0.1, -0.05) is 6.07 Å². The summed E-state index contributed by atoms with van der Waals surface area (Å²) in [4.78, 5) is 17.1. The molecule has 166 valence electrons. The molecule has 2 N–H and O–H groups in total. The lowest BCUT2D eigenvalue weighted by molar-refractivity contribution is -0.384. The maximum Gasteiger partial charge on any atom is 0.273 e. The number of aliphatic hydroxyl groups excluding tert-OH is 1. The molecule has 1 aliphatic rings. The standard InChI is InChI=1S/C22H22N4O5S/c1-30-19-13-14(26(28)29)6-7-15(19)17-8-9-18(31-17)21-20(16-5-2-3-10-23-16)24-22(32)25(21)11-4-12-27/h2-3,5-10,13,20-21,27H,4,11-12H2,1H3,(H,24,32)/t20-,21-/m0/s1. The van der Waals surface area contributed by atoms with Crippen molar-refractivity contribution in [3.8, 4) is 17.1 Å². The quantitative estimate of drug-likeness (QED) is 0.299. The highest BCUT2D eigenvalue weighted by atomic mass is 32.1. The summed E-state index contributed by atoms with van der Waals surface area (Å²) in [7, 11) is 1.46. The SMILES string of the molecule is COc1cc([N+](=O)[O-])ccc1-c1ccc([C@H]2[C@H](c3ccccn3)NC(=S)N2CCCO)o1. The molecule has 2 atom stereocenters. The first-order valence-corrected chi connectivity index (χ1v) is 10.5. The van der Waals surface area contributed by atoms with Gasteiger partial charge in [0, 0.05) is 25.4 Å². The van der Waals surface area contributed by atoms with E-state index in [9.17, 15) is 15.2 Å². The van der Waals surface area contributed by atoms with E-state index in [1.165, 1.54) is 19.2 Å². The van der Waals surface area contributed by atoms with Gasteiger partial charge >= 0.3 is 0 Å². The van der Waals surface area contributed by atoms with Crippen molar-refractivity contribution in [2.24, 2.45) is 0 Å². The first-order valence-electron chi connectivity index (χ1n) is 10.0. The lowest BCUT2D eigenvalue weighted by atomic mass is 10.0. The lowest BCUT2D eigenvalue weighted by Gasteiger charge is -2.25. The van der Waals surface area contributed by atoms with Crippen LogP contribution in [-0.2, 0) is 0 Å². The number of aromatic nitrogens is 1. The molecule has 4 rings (SSSR count). The highest BCUT2D eigenvalue weighted by Gasteiger charge is 2.41. The number of furan rings is 1. The number of hydrogen-bond acceptors (Lipinski definition) is 7.